The van der Waals surface area contributed by atoms with Crippen molar-refractivity contribution in [2.24, 2.45) is 5.92 Å². The van der Waals surface area contributed by atoms with E-state index in [1.54, 1.807) is 6.07 Å². The molecule has 1 N–H and O–H groups in total. The summed E-state index contributed by atoms with van der Waals surface area (Å²) in [6.07, 6.45) is 1.70. The van der Waals surface area contributed by atoms with Gasteiger partial charge in [0.05, 0.1) is 0 Å². The maximum Gasteiger partial charge on any atom is 0.326 e. The maximum atomic E-state index is 13.5. The number of aromatic nitrogens is 1. The Bertz CT molecular complexity index is 754. The molecule has 2 rings (SSSR count). The van der Waals surface area contributed by atoms with Crippen molar-refractivity contribution in [1.29, 1.82) is 0 Å². The number of aliphatic carboxylic acids is 1. The van der Waals surface area contributed by atoms with Crippen molar-refractivity contribution in [2.45, 2.75) is 26.3 Å². The van der Waals surface area contributed by atoms with Crippen molar-refractivity contribution in [2.75, 3.05) is 0 Å². The van der Waals surface area contributed by atoms with Crippen molar-refractivity contribution >= 4 is 5.97 Å². The highest BCUT2D eigenvalue weighted by molar-refractivity contribution is 5.71. The zero-order chi connectivity index (χ0) is 17.0. The van der Waals surface area contributed by atoms with E-state index < -0.39 is 23.4 Å². The molecule has 2 aromatic rings. The van der Waals surface area contributed by atoms with Gasteiger partial charge in [-0.15, -0.1) is 0 Å². The number of rotatable bonds is 6. The number of hydrogen-bond acceptors (Lipinski definition) is 3. The number of carbonyl (C=O) groups is 1. The van der Waals surface area contributed by atoms with Crippen LogP contribution in [0.15, 0.2) is 47.4 Å². The molecule has 1 aromatic carbocycles. The lowest BCUT2D eigenvalue weighted by atomic mass is 10.0. The predicted octanol–water partition coefficient (Wildman–Crippen LogP) is 3.45. The Labute approximate surface area is 133 Å². The van der Waals surface area contributed by atoms with Crippen LogP contribution < -0.4 is 10.3 Å². The Morgan fingerprint density at radius 3 is 2.57 bits per heavy atom. The smallest absolute Gasteiger partial charge is 0.326 e. The van der Waals surface area contributed by atoms with Crippen molar-refractivity contribution in [1.82, 2.24) is 4.57 Å². The highest BCUT2D eigenvalue weighted by atomic mass is 19.1. The van der Waals surface area contributed by atoms with Crippen LogP contribution in [0.3, 0.4) is 0 Å². The van der Waals surface area contributed by atoms with E-state index >= 15 is 0 Å². The zero-order valence-electron chi connectivity index (χ0n) is 12.9. The van der Waals surface area contributed by atoms with Crippen LogP contribution in [-0.4, -0.2) is 15.6 Å². The van der Waals surface area contributed by atoms with Crippen LogP contribution in [0.5, 0.6) is 11.5 Å². The molecule has 1 unspecified atom stereocenters. The monoisotopic (exact) mass is 319 g/mol. The molecule has 122 valence electrons. The third-order valence-corrected chi connectivity index (χ3v) is 3.30. The minimum absolute atomic E-state index is 0.00150. The van der Waals surface area contributed by atoms with Crippen LogP contribution in [0, 0.1) is 11.7 Å². The quantitative estimate of drug-likeness (QED) is 0.885. The van der Waals surface area contributed by atoms with Crippen LogP contribution in [0.2, 0.25) is 0 Å². The molecule has 0 radical (unpaired) electrons. The second-order valence-corrected chi connectivity index (χ2v) is 5.62. The highest BCUT2D eigenvalue weighted by Gasteiger charge is 2.22. The normalized spacial score (nSPS) is 12.2. The number of halogens is 1. The summed E-state index contributed by atoms with van der Waals surface area (Å²) in [6.45, 7) is 3.77. The molecule has 1 aromatic heterocycles. The van der Waals surface area contributed by atoms with E-state index in [-0.39, 0.29) is 17.4 Å². The van der Waals surface area contributed by atoms with Gasteiger partial charge in [0.1, 0.15) is 11.8 Å². The fraction of sp³-hybridized carbons (Fsp3) is 0.294. The number of benzene rings is 1. The van der Waals surface area contributed by atoms with Gasteiger partial charge in [0.25, 0.3) is 5.56 Å². The lowest BCUT2D eigenvalue weighted by molar-refractivity contribution is -0.141. The van der Waals surface area contributed by atoms with Crippen LogP contribution in [-0.2, 0) is 4.79 Å². The van der Waals surface area contributed by atoms with Crippen molar-refractivity contribution in [3.8, 4) is 11.5 Å². The molecule has 0 fully saturated rings. The summed E-state index contributed by atoms with van der Waals surface area (Å²) in [4.78, 5) is 23.5. The van der Waals surface area contributed by atoms with Gasteiger partial charge in [0.2, 0.25) is 0 Å². The van der Waals surface area contributed by atoms with Crippen molar-refractivity contribution in [3.63, 3.8) is 0 Å². The number of carboxylic acids is 1. The van der Waals surface area contributed by atoms with Crippen molar-refractivity contribution in [3.05, 3.63) is 58.8 Å². The summed E-state index contributed by atoms with van der Waals surface area (Å²) in [5.74, 6) is -1.33. The summed E-state index contributed by atoms with van der Waals surface area (Å²) in [5.41, 5.74) is -0.508. The van der Waals surface area contributed by atoms with Gasteiger partial charge in [-0.05, 0) is 30.5 Å². The third-order valence-electron chi connectivity index (χ3n) is 3.30. The molecule has 1 atom stereocenters. The maximum absolute atomic E-state index is 13.5. The Kier molecular flexibility index (Phi) is 5.16. The van der Waals surface area contributed by atoms with Crippen LogP contribution in [0.1, 0.15) is 26.3 Å². The summed E-state index contributed by atoms with van der Waals surface area (Å²) in [7, 11) is 0. The highest BCUT2D eigenvalue weighted by Crippen LogP contribution is 2.23. The molecule has 0 spiro atoms. The Morgan fingerprint density at radius 2 is 2.00 bits per heavy atom. The van der Waals surface area contributed by atoms with Crippen LogP contribution in [0.4, 0.5) is 4.39 Å². The van der Waals surface area contributed by atoms with Gasteiger partial charge in [0.15, 0.2) is 11.6 Å². The Hall–Kier alpha value is -2.63. The SMILES string of the molecule is CC(C)CC(C(=O)O)n1ccc(Oc2ccccc2F)cc1=O. The third kappa shape index (κ3) is 4.18. The van der Waals surface area contributed by atoms with Gasteiger partial charge in [-0.3, -0.25) is 4.79 Å². The predicted molar refractivity (Wildman–Crippen MR) is 83.3 cm³/mol. The van der Waals surface area contributed by atoms with Gasteiger partial charge >= 0.3 is 5.97 Å². The number of carboxylic acid groups (broad SMARTS) is 1. The van der Waals surface area contributed by atoms with Gasteiger partial charge in [0, 0.05) is 12.3 Å². The molecule has 0 aliphatic heterocycles. The minimum Gasteiger partial charge on any atom is -0.480 e. The number of hydrogen-bond donors (Lipinski definition) is 1. The molecule has 6 heteroatoms. The summed E-state index contributed by atoms with van der Waals surface area (Å²) >= 11 is 0. The van der Waals surface area contributed by atoms with E-state index in [0.717, 1.165) is 10.6 Å². The average molecular weight is 319 g/mol. The molecular weight excluding hydrogens is 301 g/mol. The van der Waals surface area contributed by atoms with E-state index in [9.17, 15) is 19.1 Å². The fourth-order valence-electron chi connectivity index (χ4n) is 2.23. The number of ether oxygens (including phenoxy) is 1. The van der Waals surface area contributed by atoms with E-state index in [4.69, 9.17) is 4.74 Å². The molecule has 1 heterocycles. The average Bonchev–Trinajstić information content (AvgIpc) is 2.47. The minimum atomic E-state index is -1.07. The first kappa shape index (κ1) is 16.7. The topological polar surface area (TPSA) is 68.5 Å². The van der Waals surface area contributed by atoms with Gasteiger partial charge in [-0.1, -0.05) is 26.0 Å². The lowest BCUT2D eigenvalue weighted by Crippen LogP contribution is -2.30. The molecule has 0 aliphatic rings. The fourth-order valence-corrected chi connectivity index (χ4v) is 2.23. The van der Waals surface area contributed by atoms with E-state index in [1.165, 1.54) is 30.5 Å². The Balaban J connectivity index is 2.28. The summed E-state index contributed by atoms with van der Waals surface area (Å²) < 4.78 is 20.0. The van der Waals surface area contributed by atoms with Gasteiger partial charge in [-0.25, -0.2) is 9.18 Å². The van der Waals surface area contributed by atoms with Crippen LogP contribution >= 0.6 is 0 Å². The molecule has 0 aliphatic carbocycles. The van der Waals surface area contributed by atoms with Gasteiger partial charge < -0.3 is 14.4 Å². The van der Waals surface area contributed by atoms with Gasteiger partial charge in [-0.2, -0.15) is 0 Å². The van der Waals surface area contributed by atoms with Crippen molar-refractivity contribution < 1.29 is 19.0 Å². The molecule has 0 bridgehead atoms. The largest absolute Gasteiger partial charge is 0.480 e. The van der Waals surface area contributed by atoms with E-state index in [1.807, 2.05) is 13.8 Å². The molecule has 0 amide bonds. The lowest BCUT2D eigenvalue weighted by Gasteiger charge is -2.18. The second kappa shape index (κ2) is 7.09. The van der Waals surface area contributed by atoms with E-state index in [2.05, 4.69) is 0 Å². The first-order chi connectivity index (χ1) is 10.9. The first-order valence-electron chi connectivity index (χ1n) is 7.26. The molecule has 5 nitrogen and oxygen atoms in total. The number of nitrogens with zero attached hydrogens (tertiary/aromatic N) is 1. The summed E-state index contributed by atoms with van der Waals surface area (Å²) in [5, 5.41) is 9.30. The number of pyridine rings is 1. The summed E-state index contributed by atoms with van der Waals surface area (Å²) in [6, 6.07) is 7.50. The van der Waals surface area contributed by atoms with Crippen LogP contribution in [0.25, 0.3) is 0 Å². The standard InChI is InChI=1S/C17H18FNO4/c1-11(2)9-14(17(21)22)19-8-7-12(10-16(19)20)23-15-6-4-3-5-13(15)18/h3-8,10-11,14H,9H2,1-2H3,(H,21,22). The molecule has 23 heavy (non-hydrogen) atoms. The second-order valence-electron chi connectivity index (χ2n) is 5.62. The Morgan fingerprint density at radius 1 is 1.30 bits per heavy atom. The number of para-hydroxylation sites is 1. The first-order valence-corrected chi connectivity index (χ1v) is 7.26. The molecular formula is C17H18FNO4. The molecule has 0 saturated heterocycles. The molecule has 0 saturated carbocycles. The van der Waals surface area contributed by atoms with E-state index in [0.29, 0.717) is 6.42 Å². The zero-order valence-corrected chi connectivity index (χ0v) is 12.9.